The minimum Gasteiger partial charge on any atom is -0.374 e. The van der Waals surface area contributed by atoms with Gasteiger partial charge in [0.1, 0.15) is 16.9 Å². The van der Waals surface area contributed by atoms with Crippen LogP contribution in [0.25, 0.3) is 5.69 Å². The van der Waals surface area contributed by atoms with Gasteiger partial charge in [-0.25, -0.2) is 9.07 Å². The van der Waals surface area contributed by atoms with Gasteiger partial charge < -0.3 is 21.7 Å². The van der Waals surface area contributed by atoms with E-state index in [1.807, 2.05) is 24.3 Å². The lowest BCUT2D eigenvalue weighted by molar-refractivity contribution is -0.121. The van der Waals surface area contributed by atoms with Crippen LogP contribution in [-0.4, -0.2) is 40.7 Å². The van der Waals surface area contributed by atoms with E-state index < -0.39 is 17.8 Å². The molecule has 0 aliphatic carbocycles. The van der Waals surface area contributed by atoms with Crippen LogP contribution in [0.15, 0.2) is 48.7 Å². The Bertz CT molecular complexity index is 1280. The number of fused-ring (bicyclic) bond motifs is 2. The van der Waals surface area contributed by atoms with Gasteiger partial charge in [-0.05, 0) is 55.6 Å². The summed E-state index contributed by atoms with van der Waals surface area (Å²) in [6, 6.07) is 11.3. The SMILES string of the molecule is Cl.Cl.Cl.NCC[C@@H]1Nc2cccc(c2)[C@@H](NC(=O)c2cnn(-c3cccc(Cl)c3F)c2Cl)CCCCCNC1=O. The van der Waals surface area contributed by atoms with Gasteiger partial charge in [0.15, 0.2) is 5.82 Å². The zero-order chi connectivity index (χ0) is 26.4. The Morgan fingerprint density at radius 3 is 2.62 bits per heavy atom. The number of halogens is 6. The monoisotopic (exact) mass is 654 g/mol. The third-order valence-corrected chi connectivity index (χ3v) is 6.95. The number of nitrogens with one attached hydrogen (secondary N) is 3. The summed E-state index contributed by atoms with van der Waals surface area (Å²) in [6.07, 6.45) is 5.03. The predicted molar refractivity (Wildman–Crippen MR) is 164 cm³/mol. The Kier molecular flexibility index (Phi) is 15.1. The lowest BCUT2D eigenvalue weighted by atomic mass is 9.99. The first kappa shape index (κ1) is 35.8. The molecule has 14 heteroatoms. The van der Waals surface area contributed by atoms with Crippen molar-refractivity contribution in [3.05, 3.63) is 75.8 Å². The highest BCUT2D eigenvalue weighted by molar-refractivity contribution is 6.33. The van der Waals surface area contributed by atoms with Crippen LogP contribution in [0.1, 0.15) is 54.1 Å². The topological polar surface area (TPSA) is 114 Å². The second-order valence-corrected chi connectivity index (χ2v) is 9.67. The van der Waals surface area contributed by atoms with E-state index in [-0.39, 0.29) is 70.6 Å². The predicted octanol–water partition coefficient (Wildman–Crippen LogP) is 5.87. The van der Waals surface area contributed by atoms with Crippen molar-refractivity contribution in [2.75, 3.05) is 18.4 Å². The fourth-order valence-electron chi connectivity index (χ4n) is 4.33. The van der Waals surface area contributed by atoms with Crippen molar-refractivity contribution in [1.82, 2.24) is 20.4 Å². The molecule has 0 fully saturated rings. The standard InChI is InChI=1S/C26H29Cl2FN6O2.3ClH/c27-19-8-5-10-22(23(19)29)35-24(28)18(15-32-35)25(36)34-20-9-2-1-3-13-31-26(37)21(11-12-30)33-17-7-4-6-16(20)14-17;;;/h4-8,10,14-15,20-21,33H,1-3,9,11-13,30H2,(H,31,37)(H,34,36);3*1H/t20-,21-;;;/m0.../s1. The number of hydrogen-bond acceptors (Lipinski definition) is 5. The highest BCUT2D eigenvalue weighted by Crippen LogP contribution is 2.28. The maximum Gasteiger partial charge on any atom is 0.256 e. The molecule has 220 valence electrons. The molecule has 2 bridgehead atoms. The maximum absolute atomic E-state index is 14.5. The Morgan fingerprint density at radius 1 is 1.12 bits per heavy atom. The minimum atomic E-state index is -0.679. The molecule has 40 heavy (non-hydrogen) atoms. The van der Waals surface area contributed by atoms with E-state index in [0.717, 1.165) is 35.2 Å². The molecule has 0 radical (unpaired) electrons. The average Bonchev–Trinajstić information content (AvgIpc) is 3.27. The van der Waals surface area contributed by atoms with Gasteiger partial charge in [-0.15, -0.1) is 37.2 Å². The summed E-state index contributed by atoms with van der Waals surface area (Å²) >= 11 is 12.4. The number of nitrogens with zero attached hydrogens (tertiary/aromatic N) is 2. The normalized spacial score (nSPS) is 17.1. The number of hydrogen-bond donors (Lipinski definition) is 4. The molecular formula is C26H32Cl5FN6O2. The first-order valence-electron chi connectivity index (χ1n) is 12.2. The highest BCUT2D eigenvalue weighted by Gasteiger charge is 2.24. The van der Waals surface area contributed by atoms with E-state index in [2.05, 4.69) is 21.0 Å². The number of aromatic nitrogens is 2. The number of nitrogens with two attached hydrogens (primary N) is 1. The summed E-state index contributed by atoms with van der Waals surface area (Å²) in [7, 11) is 0. The number of carbonyl (C=O) groups excluding carboxylic acids is 2. The fraction of sp³-hybridized carbons (Fsp3) is 0.346. The van der Waals surface area contributed by atoms with E-state index in [0.29, 0.717) is 25.9 Å². The number of anilines is 1. The van der Waals surface area contributed by atoms with E-state index in [9.17, 15) is 14.0 Å². The van der Waals surface area contributed by atoms with E-state index in [4.69, 9.17) is 28.9 Å². The van der Waals surface area contributed by atoms with Crippen molar-refractivity contribution in [2.24, 2.45) is 5.73 Å². The van der Waals surface area contributed by atoms with Crippen LogP contribution in [0.4, 0.5) is 10.1 Å². The van der Waals surface area contributed by atoms with Crippen LogP contribution >= 0.6 is 60.4 Å². The Hall–Kier alpha value is -2.27. The molecule has 8 nitrogen and oxygen atoms in total. The van der Waals surface area contributed by atoms with Crippen molar-refractivity contribution in [1.29, 1.82) is 0 Å². The molecule has 4 rings (SSSR count). The van der Waals surface area contributed by atoms with Gasteiger partial charge in [-0.1, -0.05) is 54.2 Å². The smallest absolute Gasteiger partial charge is 0.256 e. The fourth-order valence-corrected chi connectivity index (χ4v) is 4.77. The Morgan fingerprint density at radius 2 is 1.88 bits per heavy atom. The lowest BCUT2D eigenvalue weighted by Gasteiger charge is -2.21. The number of carbonyl (C=O) groups is 2. The molecule has 2 heterocycles. The molecule has 0 saturated carbocycles. The largest absolute Gasteiger partial charge is 0.374 e. The number of benzene rings is 2. The first-order chi connectivity index (χ1) is 17.9. The summed E-state index contributed by atoms with van der Waals surface area (Å²) in [6.45, 7) is 0.946. The maximum atomic E-state index is 14.5. The molecule has 1 aliphatic heterocycles. The summed E-state index contributed by atoms with van der Waals surface area (Å²) in [5.41, 5.74) is 7.54. The molecule has 0 spiro atoms. The van der Waals surface area contributed by atoms with Crippen LogP contribution < -0.4 is 21.7 Å². The molecule has 1 aliphatic rings. The van der Waals surface area contributed by atoms with Crippen molar-refractivity contribution >= 4 is 77.9 Å². The van der Waals surface area contributed by atoms with Crippen molar-refractivity contribution in [3.8, 4) is 5.69 Å². The zero-order valence-corrected chi connectivity index (χ0v) is 25.3. The summed E-state index contributed by atoms with van der Waals surface area (Å²) in [5, 5.41) is 13.3. The van der Waals surface area contributed by atoms with Gasteiger partial charge in [0.2, 0.25) is 5.91 Å². The highest BCUT2D eigenvalue weighted by atomic mass is 35.5. The molecular weight excluding hydrogens is 625 g/mol. The lowest BCUT2D eigenvalue weighted by Crippen LogP contribution is -2.41. The summed E-state index contributed by atoms with van der Waals surface area (Å²) in [4.78, 5) is 25.9. The van der Waals surface area contributed by atoms with Crippen LogP contribution in [0.3, 0.4) is 0 Å². The van der Waals surface area contributed by atoms with Crippen molar-refractivity contribution < 1.29 is 14.0 Å². The quantitative estimate of drug-likeness (QED) is 0.274. The molecule has 0 unspecified atom stereocenters. The van der Waals surface area contributed by atoms with E-state index >= 15 is 0 Å². The van der Waals surface area contributed by atoms with Gasteiger partial charge in [0.05, 0.1) is 22.8 Å². The van der Waals surface area contributed by atoms with E-state index in [1.165, 1.54) is 18.3 Å². The molecule has 2 atom stereocenters. The average molecular weight is 657 g/mol. The molecule has 2 aromatic carbocycles. The van der Waals surface area contributed by atoms with Crippen LogP contribution in [0.5, 0.6) is 0 Å². The molecule has 2 amide bonds. The summed E-state index contributed by atoms with van der Waals surface area (Å²) < 4.78 is 15.7. The third-order valence-electron chi connectivity index (χ3n) is 6.29. The minimum absolute atomic E-state index is 0. The second-order valence-electron chi connectivity index (χ2n) is 8.90. The first-order valence-corrected chi connectivity index (χ1v) is 13.0. The Labute approximate surface area is 261 Å². The van der Waals surface area contributed by atoms with Crippen molar-refractivity contribution in [3.63, 3.8) is 0 Å². The number of amides is 2. The van der Waals surface area contributed by atoms with Gasteiger partial charge in [-0.3, -0.25) is 9.59 Å². The van der Waals surface area contributed by atoms with Crippen LogP contribution in [0.2, 0.25) is 10.2 Å². The third kappa shape index (κ3) is 8.61. The van der Waals surface area contributed by atoms with Gasteiger partial charge in [-0.2, -0.15) is 5.10 Å². The van der Waals surface area contributed by atoms with Crippen molar-refractivity contribution in [2.45, 2.75) is 44.2 Å². The molecule has 5 N–H and O–H groups in total. The van der Waals surface area contributed by atoms with E-state index in [1.54, 1.807) is 6.07 Å². The molecule has 1 aromatic heterocycles. The van der Waals surface area contributed by atoms with Gasteiger partial charge in [0.25, 0.3) is 5.91 Å². The zero-order valence-electron chi connectivity index (χ0n) is 21.4. The number of rotatable bonds is 5. The van der Waals surface area contributed by atoms with Gasteiger partial charge >= 0.3 is 0 Å². The Balaban J connectivity index is 0.00000267. The molecule has 0 saturated heterocycles. The molecule has 3 aromatic rings. The van der Waals surface area contributed by atoms with Crippen LogP contribution in [0, 0.1) is 5.82 Å². The summed E-state index contributed by atoms with van der Waals surface area (Å²) in [5.74, 6) is -1.19. The second kappa shape index (κ2) is 16.9. The van der Waals surface area contributed by atoms with Gasteiger partial charge in [0, 0.05) is 12.2 Å². The van der Waals surface area contributed by atoms with Crippen LogP contribution in [-0.2, 0) is 4.79 Å².